The first-order chi connectivity index (χ1) is 10.6. The molecule has 0 spiro atoms. The van der Waals surface area contributed by atoms with Crippen molar-refractivity contribution in [2.45, 2.75) is 26.5 Å². The lowest BCUT2D eigenvalue weighted by atomic mass is 10.1. The van der Waals surface area contributed by atoms with Gasteiger partial charge in [0.2, 0.25) is 0 Å². The van der Waals surface area contributed by atoms with Gasteiger partial charge in [-0.15, -0.1) is 0 Å². The van der Waals surface area contributed by atoms with E-state index in [-0.39, 0.29) is 18.6 Å². The number of benzene rings is 2. The molecule has 2 aromatic rings. The number of amides is 1. The zero-order chi connectivity index (χ0) is 15.9. The normalized spacial score (nSPS) is 11.8. The van der Waals surface area contributed by atoms with Crippen molar-refractivity contribution in [1.29, 1.82) is 0 Å². The van der Waals surface area contributed by atoms with Gasteiger partial charge in [0.1, 0.15) is 12.4 Å². The average Bonchev–Trinajstić information content (AvgIpc) is 2.53. The SMILES string of the molecule is Cc1cccc(COc2cccc(C(=O)NC(C)CO)c2)c1. The molecule has 1 amide bonds. The van der Waals surface area contributed by atoms with Crippen molar-refractivity contribution in [3.05, 3.63) is 65.2 Å². The molecule has 4 nitrogen and oxygen atoms in total. The number of hydrogen-bond acceptors (Lipinski definition) is 3. The summed E-state index contributed by atoms with van der Waals surface area (Å²) in [6.45, 7) is 4.15. The van der Waals surface area contributed by atoms with Crippen LogP contribution in [0.2, 0.25) is 0 Å². The quantitative estimate of drug-likeness (QED) is 0.862. The van der Waals surface area contributed by atoms with Crippen LogP contribution in [0.4, 0.5) is 0 Å². The van der Waals surface area contributed by atoms with Crippen molar-refractivity contribution in [3.63, 3.8) is 0 Å². The molecule has 2 rings (SSSR count). The molecule has 1 unspecified atom stereocenters. The van der Waals surface area contributed by atoms with Crippen LogP contribution in [-0.4, -0.2) is 23.7 Å². The lowest BCUT2D eigenvalue weighted by Gasteiger charge is -2.12. The van der Waals surface area contributed by atoms with Gasteiger partial charge >= 0.3 is 0 Å². The summed E-state index contributed by atoms with van der Waals surface area (Å²) >= 11 is 0. The molecule has 1 atom stereocenters. The second-order valence-electron chi connectivity index (χ2n) is 5.36. The molecular weight excluding hydrogens is 278 g/mol. The summed E-state index contributed by atoms with van der Waals surface area (Å²) < 4.78 is 5.74. The molecule has 22 heavy (non-hydrogen) atoms. The zero-order valence-electron chi connectivity index (χ0n) is 12.9. The molecule has 2 aromatic carbocycles. The molecule has 0 radical (unpaired) electrons. The Bertz CT molecular complexity index is 640. The number of carbonyl (C=O) groups is 1. The van der Waals surface area contributed by atoms with Crippen LogP contribution in [0.1, 0.15) is 28.4 Å². The molecule has 4 heteroatoms. The lowest BCUT2D eigenvalue weighted by Crippen LogP contribution is -2.34. The zero-order valence-corrected chi connectivity index (χ0v) is 12.9. The molecule has 0 fully saturated rings. The van der Waals surface area contributed by atoms with Gasteiger partial charge in [-0.3, -0.25) is 4.79 Å². The number of carbonyl (C=O) groups excluding carboxylic acids is 1. The molecule has 0 aromatic heterocycles. The first kappa shape index (κ1) is 16.0. The van der Waals surface area contributed by atoms with Gasteiger partial charge in [-0.25, -0.2) is 0 Å². The van der Waals surface area contributed by atoms with Crippen molar-refractivity contribution in [2.75, 3.05) is 6.61 Å². The summed E-state index contributed by atoms with van der Waals surface area (Å²) in [4.78, 5) is 12.0. The van der Waals surface area contributed by atoms with Crippen molar-refractivity contribution in [1.82, 2.24) is 5.32 Å². The van der Waals surface area contributed by atoms with Gasteiger partial charge in [0.15, 0.2) is 0 Å². The molecule has 0 saturated carbocycles. The highest BCUT2D eigenvalue weighted by Crippen LogP contribution is 2.16. The number of aliphatic hydroxyl groups is 1. The van der Waals surface area contributed by atoms with Gasteiger partial charge in [0, 0.05) is 11.6 Å². The van der Waals surface area contributed by atoms with Crippen molar-refractivity contribution < 1.29 is 14.6 Å². The molecule has 0 bridgehead atoms. The first-order valence-electron chi connectivity index (χ1n) is 7.28. The third kappa shape index (κ3) is 4.60. The van der Waals surface area contributed by atoms with E-state index in [1.54, 1.807) is 25.1 Å². The van der Waals surface area contributed by atoms with Crippen molar-refractivity contribution in [3.8, 4) is 5.75 Å². The summed E-state index contributed by atoms with van der Waals surface area (Å²) in [5.41, 5.74) is 2.79. The second-order valence-corrected chi connectivity index (χ2v) is 5.36. The Kier molecular flexibility index (Phi) is 5.55. The fourth-order valence-electron chi connectivity index (χ4n) is 2.05. The average molecular weight is 299 g/mol. The first-order valence-corrected chi connectivity index (χ1v) is 7.28. The van der Waals surface area contributed by atoms with Crippen LogP contribution in [0.3, 0.4) is 0 Å². The Morgan fingerprint density at radius 3 is 2.73 bits per heavy atom. The Labute approximate surface area is 130 Å². The number of ether oxygens (including phenoxy) is 1. The Morgan fingerprint density at radius 2 is 2.00 bits per heavy atom. The van der Waals surface area contributed by atoms with Crippen LogP contribution in [0, 0.1) is 6.92 Å². The minimum Gasteiger partial charge on any atom is -0.489 e. The highest BCUT2D eigenvalue weighted by atomic mass is 16.5. The number of hydrogen-bond donors (Lipinski definition) is 2. The minimum absolute atomic E-state index is 0.0880. The van der Waals surface area contributed by atoms with Crippen LogP contribution < -0.4 is 10.1 Å². The number of nitrogens with one attached hydrogen (secondary N) is 1. The fourth-order valence-corrected chi connectivity index (χ4v) is 2.05. The van der Waals surface area contributed by atoms with E-state index >= 15 is 0 Å². The summed E-state index contributed by atoms with van der Waals surface area (Å²) in [5, 5.41) is 11.7. The predicted molar refractivity (Wildman–Crippen MR) is 86.0 cm³/mol. The standard InChI is InChI=1S/C18H21NO3/c1-13-5-3-6-15(9-13)12-22-17-8-4-7-16(10-17)18(21)19-14(2)11-20/h3-10,14,20H,11-12H2,1-2H3,(H,19,21). The van der Waals surface area contributed by atoms with E-state index in [0.717, 1.165) is 5.56 Å². The Hall–Kier alpha value is -2.33. The summed E-state index contributed by atoms with van der Waals surface area (Å²) in [6.07, 6.45) is 0. The van der Waals surface area contributed by atoms with Gasteiger partial charge < -0.3 is 15.2 Å². The number of aryl methyl sites for hydroxylation is 1. The van der Waals surface area contributed by atoms with Crippen molar-refractivity contribution >= 4 is 5.91 Å². The third-order valence-corrected chi connectivity index (χ3v) is 3.24. The van der Waals surface area contributed by atoms with E-state index in [4.69, 9.17) is 9.84 Å². The molecule has 0 heterocycles. The molecule has 0 aliphatic heterocycles. The van der Waals surface area contributed by atoms with E-state index in [2.05, 4.69) is 11.4 Å². The van der Waals surface area contributed by atoms with Crippen LogP contribution in [0.15, 0.2) is 48.5 Å². The van der Waals surface area contributed by atoms with Crippen LogP contribution >= 0.6 is 0 Å². The lowest BCUT2D eigenvalue weighted by molar-refractivity contribution is 0.0922. The molecule has 2 N–H and O–H groups in total. The monoisotopic (exact) mass is 299 g/mol. The third-order valence-electron chi connectivity index (χ3n) is 3.24. The number of rotatable bonds is 6. The molecule has 0 saturated heterocycles. The molecule has 0 aliphatic carbocycles. The van der Waals surface area contributed by atoms with Crippen LogP contribution in [0.25, 0.3) is 0 Å². The number of aliphatic hydroxyl groups excluding tert-OH is 1. The predicted octanol–water partition coefficient (Wildman–Crippen LogP) is 2.68. The van der Waals surface area contributed by atoms with Gasteiger partial charge in [-0.1, -0.05) is 35.9 Å². The van der Waals surface area contributed by atoms with Crippen LogP contribution in [0.5, 0.6) is 5.75 Å². The fraction of sp³-hybridized carbons (Fsp3) is 0.278. The van der Waals surface area contributed by atoms with Gasteiger partial charge in [-0.2, -0.15) is 0 Å². The van der Waals surface area contributed by atoms with E-state index in [1.165, 1.54) is 5.56 Å². The van der Waals surface area contributed by atoms with E-state index in [0.29, 0.717) is 17.9 Å². The highest BCUT2D eigenvalue weighted by Gasteiger charge is 2.09. The Balaban J connectivity index is 2.00. The largest absolute Gasteiger partial charge is 0.489 e. The highest BCUT2D eigenvalue weighted by molar-refractivity contribution is 5.94. The van der Waals surface area contributed by atoms with Gasteiger partial charge in [0.25, 0.3) is 5.91 Å². The van der Waals surface area contributed by atoms with E-state index < -0.39 is 0 Å². The smallest absolute Gasteiger partial charge is 0.251 e. The maximum absolute atomic E-state index is 12.0. The topological polar surface area (TPSA) is 58.6 Å². The summed E-state index contributed by atoms with van der Waals surface area (Å²) in [7, 11) is 0. The van der Waals surface area contributed by atoms with Gasteiger partial charge in [0.05, 0.1) is 6.61 Å². The van der Waals surface area contributed by atoms with Crippen LogP contribution in [-0.2, 0) is 6.61 Å². The second kappa shape index (κ2) is 7.61. The summed E-state index contributed by atoms with van der Waals surface area (Å²) in [6, 6.07) is 14.9. The van der Waals surface area contributed by atoms with Gasteiger partial charge in [-0.05, 0) is 37.6 Å². The maximum Gasteiger partial charge on any atom is 0.251 e. The minimum atomic E-state index is -0.274. The maximum atomic E-state index is 12.0. The Morgan fingerprint density at radius 1 is 1.23 bits per heavy atom. The molecular formula is C18H21NO3. The molecule has 116 valence electrons. The van der Waals surface area contributed by atoms with Crippen molar-refractivity contribution in [2.24, 2.45) is 0 Å². The summed E-state index contributed by atoms with van der Waals surface area (Å²) in [5.74, 6) is 0.424. The van der Waals surface area contributed by atoms with E-state index in [9.17, 15) is 4.79 Å². The molecule has 0 aliphatic rings. The van der Waals surface area contributed by atoms with E-state index in [1.807, 2.05) is 31.2 Å².